The Balaban J connectivity index is 0.00000242. The maximum atomic E-state index is 11.6. The Morgan fingerprint density at radius 2 is 1.86 bits per heavy atom. The molecule has 0 bridgehead atoms. The van der Waals surface area contributed by atoms with Gasteiger partial charge in [-0.1, -0.05) is 35.0 Å². The SMILES string of the molecule is CCNCCNC(=O)COc1ccc2cc(Br)ccc2c1.Cl. The summed E-state index contributed by atoms with van der Waals surface area (Å²) in [6.45, 7) is 4.35. The molecule has 0 unspecified atom stereocenters. The van der Waals surface area contributed by atoms with Gasteiger partial charge < -0.3 is 15.4 Å². The molecule has 0 saturated carbocycles. The van der Waals surface area contributed by atoms with Crippen molar-refractivity contribution < 1.29 is 9.53 Å². The second-order valence-corrected chi connectivity index (χ2v) is 5.56. The van der Waals surface area contributed by atoms with E-state index in [1.165, 1.54) is 0 Å². The lowest BCUT2D eigenvalue weighted by molar-refractivity contribution is -0.123. The maximum Gasteiger partial charge on any atom is 0.257 e. The Kier molecular flexibility index (Phi) is 8.24. The molecule has 2 rings (SSSR count). The smallest absolute Gasteiger partial charge is 0.257 e. The second kappa shape index (κ2) is 9.66. The van der Waals surface area contributed by atoms with E-state index < -0.39 is 0 Å². The molecule has 1 amide bonds. The summed E-state index contributed by atoms with van der Waals surface area (Å²) in [7, 11) is 0. The average Bonchev–Trinajstić information content (AvgIpc) is 2.49. The fraction of sp³-hybridized carbons (Fsp3) is 0.312. The van der Waals surface area contributed by atoms with Crippen molar-refractivity contribution in [2.75, 3.05) is 26.2 Å². The molecule has 2 aromatic rings. The minimum Gasteiger partial charge on any atom is -0.484 e. The molecule has 0 radical (unpaired) electrons. The van der Waals surface area contributed by atoms with Crippen molar-refractivity contribution in [3.63, 3.8) is 0 Å². The summed E-state index contributed by atoms with van der Waals surface area (Å²) in [5.41, 5.74) is 0. The van der Waals surface area contributed by atoms with Crippen LogP contribution in [0.15, 0.2) is 40.9 Å². The van der Waals surface area contributed by atoms with Crippen LogP contribution in [0.1, 0.15) is 6.92 Å². The highest BCUT2D eigenvalue weighted by molar-refractivity contribution is 9.10. The number of halogens is 2. The third-order valence-corrected chi connectivity index (χ3v) is 3.51. The van der Waals surface area contributed by atoms with Gasteiger partial charge in [-0.15, -0.1) is 12.4 Å². The first-order valence-electron chi connectivity index (χ1n) is 6.98. The molecule has 120 valence electrons. The van der Waals surface area contributed by atoms with Gasteiger partial charge in [0.2, 0.25) is 0 Å². The van der Waals surface area contributed by atoms with Crippen LogP contribution in [0.3, 0.4) is 0 Å². The van der Waals surface area contributed by atoms with E-state index in [0.717, 1.165) is 28.3 Å². The predicted molar refractivity (Wildman–Crippen MR) is 95.9 cm³/mol. The lowest BCUT2D eigenvalue weighted by atomic mass is 10.1. The fourth-order valence-corrected chi connectivity index (χ4v) is 2.33. The molecule has 0 aliphatic carbocycles. The summed E-state index contributed by atoms with van der Waals surface area (Å²) < 4.78 is 6.56. The van der Waals surface area contributed by atoms with Crippen LogP contribution in [-0.2, 0) is 4.79 Å². The number of carbonyl (C=O) groups is 1. The van der Waals surface area contributed by atoms with Crippen molar-refractivity contribution >= 4 is 45.0 Å². The molecule has 0 aliphatic rings. The first kappa shape index (κ1) is 18.7. The molecule has 0 saturated heterocycles. The molecule has 4 nitrogen and oxygen atoms in total. The molecule has 0 aromatic heterocycles. The van der Waals surface area contributed by atoms with Crippen LogP contribution >= 0.6 is 28.3 Å². The summed E-state index contributed by atoms with van der Waals surface area (Å²) in [4.78, 5) is 11.6. The summed E-state index contributed by atoms with van der Waals surface area (Å²) >= 11 is 3.45. The highest BCUT2D eigenvalue weighted by atomic mass is 79.9. The Hall–Kier alpha value is -1.30. The molecule has 2 N–H and O–H groups in total. The monoisotopic (exact) mass is 386 g/mol. The Bertz CT molecular complexity index is 622. The summed E-state index contributed by atoms with van der Waals surface area (Å²) in [5, 5.41) is 8.16. The zero-order valence-electron chi connectivity index (χ0n) is 12.4. The summed E-state index contributed by atoms with van der Waals surface area (Å²) in [6, 6.07) is 11.8. The van der Waals surface area contributed by atoms with Gasteiger partial charge in [0.25, 0.3) is 5.91 Å². The van der Waals surface area contributed by atoms with Gasteiger partial charge in [-0.3, -0.25) is 4.79 Å². The normalized spacial score (nSPS) is 10.1. The van der Waals surface area contributed by atoms with Crippen LogP contribution in [-0.4, -0.2) is 32.1 Å². The molecular weight excluding hydrogens is 368 g/mol. The van der Waals surface area contributed by atoms with E-state index in [-0.39, 0.29) is 24.9 Å². The number of rotatable bonds is 7. The fourth-order valence-electron chi connectivity index (χ4n) is 1.95. The quantitative estimate of drug-likeness (QED) is 0.718. The highest BCUT2D eigenvalue weighted by Gasteiger charge is 2.03. The average molecular weight is 388 g/mol. The van der Waals surface area contributed by atoms with Crippen molar-refractivity contribution in [2.45, 2.75) is 6.92 Å². The maximum absolute atomic E-state index is 11.6. The summed E-state index contributed by atoms with van der Waals surface area (Å²) in [6.07, 6.45) is 0. The number of hydrogen-bond acceptors (Lipinski definition) is 3. The molecule has 0 atom stereocenters. The summed E-state index contributed by atoms with van der Waals surface area (Å²) in [5.74, 6) is 0.593. The molecule has 0 spiro atoms. The van der Waals surface area contributed by atoms with Crippen LogP contribution < -0.4 is 15.4 Å². The van der Waals surface area contributed by atoms with Gasteiger partial charge in [0.05, 0.1) is 0 Å². The van der Waals surface area contributed by atoms with Crippen molar-refractivity contribution in [1.29, 1.82) is 0 Å². The van der Waals surface area contributed by atoms with Gasteiger partial charge in [0.15, 0.2) is 6.61 Å². The van der Waals surface area contributed by atoms with Crippen molar-refractivity contribution in [3.05, 3.63) is 40.9 Å². The topological polar surface area (TPSA) is 50.4 Å². The van der Waals surface area contributed by atoms with E-state index in [9.17, 15) is 4.79 Å². The van der Waals surface area contributed by atoms with Crippen LogP contribution in [0.4, 0.5) is 0 Å². The molecule has 0 fully saturated rings. The largest absolute Gasteiger partial charge is 0.484 e. The van der Waals surface area contributed by atoms with Crippen molar-refractivity contribution in [3.8, 4) is 5.75 Å². The van der Waals surface area contributed by atoms with E-state index in [1.54, 1.807) is 0 Å². The number of likely N-dealkylation sites (N-methyl/N-ethyl adjacent to an activating group) is 1. The highest BCUT2D eigenvalue weighted by Crippen LogP contribution is 2.23. The molecule has 2 aromatic carbocycles. The van der Waals surface area contributed by atoms with Crippen LogP contribution in [0, 0.1) is 0 Å². The van der Waals surface area contributed by atoms with Gasteiger partial charge in [0.1, 0.15) is 5.75 Å². The third-order valence-electron chi connectivity index (χ3n) is 3.02. The Morgan fingerprint density at radius 3 is 2.64 bits per heavy atom. The zero-order valence-corrected chi connectivity index (χ0v) is 14.8. The predicted octanol–water partition coefficient (Wildman–Crippen LogP) is 3.13. The third kappa shape index (κ3) is 5.83. The molecular formula is C16H20BrClN2O2. The standard InChI is InChI=1S/C16H19BrN2O2.ClH/c1-2-18-7-8-19-16(20)11-21-15-6-4-12-9-14(17)5-3-13(12)10-15;/h3-6,9-10,18H,2,7-8,11H2,1H3,(H,19,20);1H. The number of carbonyl (C=O) groups excluding carboxylic acids is 1. The lowest BCUT2D eigenvalue weighted by Gasteiger charge is -2.08. The minimum absolute atomic E-state index is 0. The van der Waals surface area contributed by atoms with Gasteiger partial charge in [-0.2, -0.15) is 0 Å². The number of ether oxygens (including phenoxy) is 1. The first-order valence-corrected chi connectivity index (χ1v) is 7.78. The van der Waals surface area contributed by atoms with Gasteiger partial charge in [0, 0.05) is 17.6 Å². The Labute approximate surface area is 145 Å². The molecule has 22 heavy (non-hydrogen) atoms. The van der Waals surface area contributed by atoms with Crippen LogP contribution in [0.25, 0.3) is 10.8 Å². The number of fused-ring (bicyclic) bond motifs is 1. The van der Waals surface area contributed by atoms with E-state index in [4.69, 9.17) is 4.74 Å². The number of amides is 1. The van der Waals surface area contributed by atoms with Crippen molar-refractivity contribution in [1.82, 2.24) is 10.6 Å². The van der Waals surface area contributed by atoms with E-state index in [1.807, 2.05) is 43.3 Å². The van der Waals surface area contributed by atoms with Crippen molar-refractivity contribution in [2.24, 2.45) is 0 Å². The van der Waals surface area contributed by atoms with E-state index in [0.29, 0.717) is 12.3 Å². The lowest BCUT2D eigenvalue weighted by Crippen LogP contribution is -2.34. The van der Waals surface area contributed by atoms with Crippen LogP contribution in [0.5, 0.6) is 5.75 Å². The number of nitrogens with one attached hydrogen (secondary N) is 2. The van der Waals surface area contributed by atoms with Crippen LogP contribution in [0.2, 0.25) is 0 Å². The molecule has 6 heteroatoms. The second-order valence-electron chi connectivity index (χ2n) is 4.65. The Morgan fingerprint density at radius 1 is 1.14 bits per heavy atom. The van der Waals surface area contributed by atoms with E-state index >= 15 is 0 Å². The van der Waals surface area contributed by atoms with Gasteiger partial charge in [-0.25, -0.2) is 0 Å². The first-order chi connectivity index (χ1) is 10.2. The van der Waals surface area contributed by atoms with Gasteiger partial charge >= 0.3 is 0 Å². The minimum atomic E-state index is -0.108. The van der Waals surface area contributed by atoms with E-state index in [2.05, 4.69) is 26.6 Å². The number of hydrogen-bond donors (Lipinski definition) is 2. The molecule has 0 aliphatic heterocycles. The molecule has 0 heterocycles. The number of benzene rings is 2. The zero-order chi connectivity index (χ0) is 15.1. The van der Waals surface area contributed by atoms with Gasteiger partial charge in [-0.05, 0) is 41.6 Å².